The third-order valence-electron chi connectivity index (χ3n) is 3.62. The fourth-order valence-electron chi connectivity index (χ4n) is 2.50. The average molecular weight is 310 g/mol. The number of carbonyl (C=O) groups is 2. The molecule has 0 atom stereocenters. The number of benzene rings is 2. The summed E-state index contributed by atoms with van der Waals surface area (Å²) in [4.78, 5) is 22.8. The third kappa shape index (κ3) is 3.32. The molecule has 0 saturated carbocycles. The molecule has 0 bridgehead atoms. The van der Waals surface area contributed by atoms with Gasteiger partial charge in [0.05, 0.1) is 11.7 Å². The molecule has 3 nitrogen and oxygen atoms in total. The second kappa shape index (κ2) is 6.67. The maximum atomic E-state index is 11.6. The number of esters is 2. The molecule has 0 aliphatic carbocycles. The van der Waals surface area contributed by atoms with Crippen molar-refractivity contribution in [2.45, 2.75) is 12.3 Å². The van der Waals surface area contributed by atoms with Gasteiger partial charge < -0.3 is 4.74 Å². The Morgan fingerprint density at radius 3 is 1.91 bits per heavy atom. The van der Waals surface area contributed by atoms with E-state index in [1.54, 1.807) is 0 Å². The van der Waals surface area contributed by atoms with Gasteiger partial charge in [0.1, 0.15) is 0 Å². The predicted molar refractivity (Wildman–Crippen MR) is 87.2 cm³/mol. The number of hydrogen-bond donors (Lipinski definition) is 0. The van der Waals surface area contributed by atoms with Crippen LogP contribution in [0.25, 0.3) is 0 Å². The second-order valence-corrected chi connectivity index (χ2v) is 6.32. The maximum absolute atomic E-state index is 11.6. The summed E-state index contributed by atoms with van der Waals surface area (Å²) in [7, 11) is 0.860. The minimum Gasteiger partial charge on any atom is -0.389 e. The molecule has 1 aliphatic heterocycles. The summed E-state index contributed by atoms with van der Waals surface area (Å²) >= 11 is 0. The molecule has 0 amide bonds. The van der Waals surface area contributed by atoms with Crippen molar-refractivity contribution in [1.29, 1.82) is 0 Å². The van der Waals surface area contributed by atoms with E-state index in [0.29, 0.717) is 5.29 Å². The smallest absolute Gasteiger partial charge is 0.346 e. The summed E-state index contributed by atoms with van der Waals surface area (Å²) in [5.41, 5.74) is 2.42. The first-order valence-corrected chi connectivity index (χ1v) is 8.20. The van der Waals surface area contributed by atoms with E-state index in [9.17, 15) is 9.59 Å². The minimum atomic E-state index is -0.466. The van der Waals surface area contributed by atoms with Crippen LogP contribution in [0.15, 0.2) is 60.7 Å². The largest absolute Gasteiger partial charge is 0.389 e. The molecule has 1 fully saturated rings. The molecule has 3 rings (SSSR count). The van der Waals surface area contributed by atoms with E-state index >= 15 is 0 Å². The number of rotatable bonds is 4. The normalized spacial score (nSPS) is 16.3. The maximum Gasteiger partial charge on any atom is 0.346 e. The van der Waals surface area contributed by atoms with E-state index in [1.807, 2.05) is 36.4 Å². The van der Waals surface area contributed by atoms with Gasteiger partial charge in [0.2, 0.25) is 0 Å². The molecular formula is C18H15O3P. The van der Waals surface area contributed by atoms with Gasteiger partial charge in [-0.05, 0) is 11.1 Å². The Labute approximate surface area is 130 Å². The van der Waals surface area contributed by atoms with Crippen molar-refractivity contribution in [3.8, 4) is 0 Å². The summed E-state index contributed by atoms with van der Waals surface area (Å²) in [6.45, 7) is 0. The van der Waals surface area contributed by atoms with Crippen LogP contribution in [-0.2, 0) is 14.3 Å². The first-order valence-electron chi connectivity index (χ1n) is 7.12. The SMILES string of the molecule is O=C1CC(=PCC(c2ccccc2)c2ccccc2)C(=O)O1. The first-order chi connectivity index (χ1) is 10.7. The van der Waals surface area contributed by atoms with Crippen molar-refractivity contribution >= 4 is 25.4 Å². The lowest BCUT2D eigenvalue weighted by atomic mass is 9.93. The number of cyclic esters (lactones) is 2. The van der Waals surface area contributed by atoms with Gasteiger partial charge in [-0.2, -0.15) is 0 Å². The van der Waals surface area contributed by atoms with Crippen molar-refractivity contribution < 1.29 is 14.3 Å². The van der Waals surface area contributed by atoms with Gasteiger partial charge >= 0.3 is 11.9 Å². The Balaban J connectivity index is 1.89. The highest BCUT2D eigenvalue weighted by atomic mass is 31.1. The van der Waals surface area contributed by atoms with Gasteiger partial charge in [-0.15, -0.1) is 0 Å². The Hall–Kier alpha value is -2.25. The summed E-state index contributed by atoms with van der Waals surface area (Å²) < 4.78 is 4.60. The molecule has 2 aromatic rings. The van der Waals surface area contributed by atoms with E-state index in [0.717, 1.165) is 14.4 Å². The fraction of sp³-hybridized carbons (Fsp3) is 0.167. The second-order valence-electron chi connectivity index (χ2n) is 5.10. The highest BCUT2D eigenvalue weighted by molar-refractivity contribution is 7.43. The number of hydrogen-bond acceptors (Lipinski definition) is 3. The number of ether oxygens (including phenoxy) is 1. The lowest BCUT2D eigenvalue weighted by Crippen LogP contribution is -2.07. The zero-order valence-corrected chi connectivity index (χ0v) is 12.8. The van der Waals surface area contributed by atoms with Crippen molar-refractivity contribution in [3.63, 3.8) is 0 Å². The molecule has 0 aromatic heterocycles. The third-order valence-corrected chi connectivity index (χ3v) is 4.89. The number of carbonyl (C=O) groups excluding carboxylic acids is 2. The Kier molecular flexibility index (Phi) is 4.45. The molecule has 0 unspecified atom stereocenters. The molecule has 0 radical (unpaired) electrons. The molecule has 1 heterocycles. The highest BCUT2D eigenvalue weighted by Crippen LogP contribution is 2.29. The standard InChI is InChI=1S/C18H15O3P/c19-17-11-16(18(20)21-17)22-12-15(13-7-3-1-4-8-13)14-9-5-2-6-10-14/h1-10,15H,11-12H2. The summed E-state index contributed by atoms with van der Waals surface area (Å²) in [5.74, 6) is -0.713. The monoisotopic (exact) mass is 310 g/mol. The minimum absolute atomic E-state index is 0.122. The van der Waals surface area contributed by atoms with Crippen LogP contribution in [0.3, 0.4) is 0 Å². The summed E-state index contributed by atoms with van der Waals surface area (Å²) in [6, 6.07) is 20.4. The zero-order chi connectivity index (χ0) is 15.4. The van der Waals surface area contributed by atoms with Crippen LogP contribution in [0.2, 0.25) is 0 Å². The molecule has 1 aliphatic rings. The Bertz CT molecular complexity index is 668. The molecule has 1 saturated heterocycles. The van der Waals surface area contributed by atoms with E-state index in [2.05, 4.69) is 29.0 Å². The van der Waals surface area contributed by atoms with E-state index in [1.165, 1.54) is 11.1 Å². The van der Waals surface area contributed by atoms with Crippen LogP contribution in [0.1, 0.15) is 23.5 Å². The van der Waals surface area contributed by atoms with Crippen molar-refractivity contribution in [2.24, 2.45) is 0 Å². The molecule has 22 heavy (non-hydrogen) atoms. The van der Waals surface area contributed by atoms with Crippen LogP contribution in [0.4, 0.5) is 0 Å². The van der Waals surface area contributed by atoms with Crippen LogP contribution in [0.5, 0.6) is 0 Å². The molecular weight excluding hydrogens is 295 g/mol. The van der Waals surface area contributed by atoms with E-state index < -0.39 is 11.9 Å². The van der Waals surface area contributed by atoms with Crippen LogP contribution < -0.4 is 0 Å². The zero-order valence-electron chi connectivity index (χ0n) is 11.9. The fourth-order valence-corrected chi connectivity index (χ4v) is 3.74. The van der Waals surface area contributed by atoms with Crippen molar-refractivity contribution in [1.82, 2.24) is 0 Å². The van der Waals surface area contributed by atoms with Crippen molar-refractivity contribution in [2.75, 3.05) is 6.16 Å². The Morgan fingerprint density at radius 2 is 1.45 bits per heavy atom. The quantitative estimate of drug-likeness (QED) is 0.494. The molecule has 0 spiro atoms. The van der Waals surface area contributed by atoms with Gasteiger partial charge in [-0.1, -0.05) is 68.9 Å². The molecule has 2 aromatic carbocycles. The van der Waals surface area contributed by atoms with Crippen LogP contribution >= 0.6 is 8.20 Å². The Morgan fingerprint density at radius 1 is 0.909 bits per heavy atom. The molecule has 0 N–H and O–H groups in total. The lowest BCUT2D eigenvalue weighted by molar-refractivity contribution is -0.150. The van der Waals surface area contributed by atoms with Gasteiger partial charge in [0.15, 0.2) is 0 Å². The van der Waals surface area contributed by atoms with Gasteiger partial charge in [-0.3, -0.25) is 4.79 Å². The summed E-state index contributed by atoms with van der Waals surface area (Å²) in [5, 5.41) is 0.557. The first kappa shape index (κ1) is 14.7. The predicted octanol–water partition coefficient (Wildman–Crippen LogP) is 3.41. The van der Waals surface area contributed by atoms with Gasteiger partial charge in [0, 0.05) is 12.1 Å². The average Bonchev–Trinajstić information content (AvgIpc) is 2.87. The van der Waals surface area contributed by atoms with E-state index in [-0.39, 0.29) is 12.3 Å². The topological polar surface area (TPSA) is 43.4 Å². The van der Waals surface area contributed by atoms with Gasteiger partial charge in [-0.25, -0.2) is 4.79 Å². The van der Waals surface area contributed by atoms with Crippen LogP contribution in [0, 0.1) is 0 Å². The van der Waals surface area contributed by atoms with E-state index in [4.69, 9.17) is 0 Å². The van der Waals surface area contributed by atoms with Crippen molar-refractivity contribution in [3.05, 3.63) is 71.8 Å². The molecule has 110 valence electrons. The lowest BCUT2D eigenvalue weighted by Gasteiger charge is -2.16. The van der Waals surface area contributed by atoms with Crippen LogP contribution in [-0.4, -0.2) is 23.4 Å². The molecule has 4 heteroatoms. The summed E-state index contributed by atoms with van der Waals surface area (Å²) in [6.07, 6.45) is 0.877. The van der Waals surface area contributed by atoms with Gasteiger partial charge in [0.25, 0.3) is 0 Å². The highest BCUT2D eigenvalue weighted by Gasteiger charge is 2.27.